The molecule has 1 saturated heterocycles. The Morgan fingerprint density at radius 1 is 1.69 bits per heavy atom. The van der Waals surface area contributed by atoms with E-state index < -0.39 is 0 Å². The molecule has 0 amide bonds. The van der Waals surface area contributed by atoms with Gasteiger partial charge in [-0.15, -0.1) is 0 Å². The van der Waals surface area contributed by atoms with Crippen LogP contribution in [0.4, 0.5) is 0 Å². The molecule has 72 valence electrons. The molecule has 0 atom stereocenters. The highest BCUT2D eigenvalue weighted by molar-refractivity contribution is 7.05. The smallest absolute Gasteiger partial charge is 0.225 e. The molecule has 1 aromatic rings. The Bertz CT molecular complexity index is 273. The monoisotopic (exact) mass is 200 g/mol. The lowest BCUT2D eigenvalue weighted by atomic mass is 10.2. The molecule has 4 nitrogen and oxygen atoms in total. The summed E-state index contributed by atoms with van der Waals surface area (Å²) in [6.45, 7) is 2.58. The highest BCUT2D eigenvalue weighted by atomic mass is 32.1. The summed E-state index contributed by atoms with van der Waals surface area (Å²) in [5, 5.41) is 3.15. The van der Waals surface area contributed by atoms with E-state index in [1.54, 1.807) is 7.11 Å². The number of hydrogen-bond donors (Lipinski definition) is 1. The van der Waals surface area contributed by atoms with Gasteiger partial charge >= 0.3 is 0 Å². The molecule has 0 aliphatic carbocycles. The van der Waals surface area contributed by atoms with Crippen molar-refractivity contribution in [2.75, 3.05) is 20.2 Å². The summed E-state index contributed by atoms with van der Waals surface area (Å²) >= 11 is 1.43. The number of aromatic nitrogens is 1. The van der Waals surface area contributed by atoms with Crippen LogP contribution >= 0.6 is 11.5 Å². The molecule has 2 heterocycles. The number of ether oxygens (including phenoxy) is 2. The zero-order chi connectivity index (χ0) is 9.10. The Kier molecular flexibility index (Phi) is 2.77. The maximum atomic E-state index is 5.57. The molecule has 1 N–H and O–H groups in total. The summed E-state index contributed by atoms with van der Waals surface area (Å²) in [4.78, 5) is 1.11. The van der Waals surface area contributed by atoms with Crippen LogP contribution in [-0.4, -0.2) is 30.7 Å². The standard InChI is InChI=1S/C8H12N2O2S/c1-11-8-2-7(13-10-8)5-12-6-3-9-4-6/h2,6,9H,3-5H2,1H3. The molecule has 5 heteroatoms. The van der Waals surface area contributed by atoms with Gasteiger partial charge in [0.15, 0.2) is 0 Å². The Balaban J connectivity index is 1.79. The highest BCUT2D eigenvalue weighted by Gasteiger charge is 2.17. The third kappa shape index (κ3) is 2.18. The minimum absolute atomic E-state index is 0.382. The van der Waals surface area contributed by atoms with Gasteiger partial charge in [-0.05, 0) is 11.5 Å². The predicted molar refractivity (Wildman–Crippen MR) is 50.1 cm³/mol. The SMILES string of the molecule is COc1cc(COC2CNC2)sn1. The predicted octanol–water partition coefficient (Wildman–Crippen LogP) is 0.640. The van der Waals surface area contributed by atoms with Gasteiger partial charge in [-0.2, -0.15) is 4.37 Å². The van der Waals surface area contributed by atoms with Gasteiger partial charge in [0.25, 0.3) is 0 Å². The molecule has 2 rings (SSSR count). The van der Waals surface area contributed by atoms with E-state index in [2.05, 4.69) is 9.69 Å². The first-order valence-electron chi connectivity index (χ1n) is 4.20. The van der Waals surface area contributed by atoms with Gasteiger partial charge in [0, 0.05) is 19.2 Å². The molecule has 1 aromatic heterocycles. The minimum atomic E-state index is 0.382. The molecule has 0 saturated carbocycles. The van der Waals surface area contributed by atoms with Crippen LogP contribution < -0.4 is 10.1 Å². The summed E-state index contributed by atoms with van der Waals surface area (Å²) in [7, 11) is 1.62. The third-order valence-corrected chi connectivity index (χ3v) is 2.69. The van der Waals surface area contributed by atoms with Crippen LogP contribution in [-0.2, 0) is 11.3 Å². The normalized spacial score (nSPS) is 17.0. The van der Waals surface area contributed by atoms with E-state index in [-0.39, 0.29) is 0 Å². The summed E-state index contributed by atoms with van der Waals surface area (Å²) in [5.41, 5.74) is 0. The molecule has 0 unspecified atom stereocenters. The Morgan fingerprint density at radius 3 is 3.08 bits per heavy atom. The number of methoxy groups -OCH3 is 1. The van der Waals surface area contributed by atoms with Gasteiger partial charge in [0.2, 0.25) is 5.88 Å². The van der Waals surface area contributed by atoms with Crippen molar-refractivity contribution in [1.82, 2.24) is 9.69 Å². The van der Waals surface area contributed by atoms with E-state index >= 15 is 0 Å². The Labute approximate surface area is 81.0 Å². The van der Waals surface area contributed by atoms with Crippen LogP contribution in [0.15, 0.2) is 6.07 Å². The summed E-state index contributed by atoms with van der Waals surface area (Å²) in [5.74, 6) is 0.676. The van der Waals surface area contributed by atoms with Crippen molar-refractivity contribution in [3.63, 3.8) is 0 Å². The van der Waals surface area contributed by atoms with Crippen molar-refractivity contribution >= 4 is 11.5 Å². The second-order valence-electron chi connectivity index (χ2n) is 2.93. The molecule has 0 aromatic carbocycles. The number of rotatable bonds is 4. The second-order valence-corrected chi connectivity index (χ2v) is 3.82. The van der Waals surface area contributed by atoms with Gasteiger partial charge in [-0.1, -0.05) is 0 Å². The third-order valence-electron chi connectivity index (χ3n) is 1.95. The first kappa shape index (κ1) is 8.93. The van der Waals surface area contributed by atoms with Crippen LogP contribution in [0.5, 0.6) is 5.88 Å². The largest absolute Gasteiger partial charge is 0.480 e. The first-order valence-corrected chi connectivity index (χ1v) is 4.97. The minimum Gasteiger partial charge on any atom is -0.480 e. The molecular weight excluding hydrogens is 188 g/mol. The van der Waals surface area contributed by atoms with Crippen molar-refractivity contribution in [1.29, 1.82) is 0 Å². The lowest BCUT2D eigenvalue weighted by Gasteiger charge is -2.26. The number of nitrogens with one attached hydrogen (secondary N) is 1. The highest BCUT2D eigenvalue weighted by Crippen LogP contribution is 2.17. The zero-order valence-electron chi connectivity index (χ0n) is 7.45. The molecule has 1 fully saturated rings. The molecule has 0 radical (unpaired) electrons. The van der Waals surface area contributed by atoms with E-state index in [0.717, 1.165) is 18.0 Å². The van der Waals surface area contributed by atoms with Gasteiger partial charge in [-0.25, -0.2) is 0 Å². The molecule has 0 spiro atoms. The maximum Gasteiger partial charge on any atom is 0.225 e. The fraction of sp³-hybridized carbons (Fsp3) is 0.625. The lowest BCUT2D eigenvalue weighted by Crippen LogP contribution is -2.48. The van der Waals surface area contributed by atoms with Crippen LogP contribution in [0.25, 0.3) is 0 Å². The van der Waals surface area contributed by atoms with Crippen LogP contribution in [0.1, 0.15) is 4.88 Å². The topological polar surface area (TPSA) is 43.4 Å². The van der Waals surface area contributed by atoms with Gasteiger partial charge in [0.1, 0.15) is 0 Å². The maximum absolute atomic E-state index is 5.57. The van der Waals surface area contributed by atoms with Crippen molar-refractivity contribution in [3.8, 4) is 5.88 Å². The first-order chi connectivity index (χ1) is 6.38. The zero-order valence-corrected chi connectivity index (χ0v) is 8.26. The van der Waals surface area contributed by atoms with Crippen LogP contribution in [0.3, 0.4) is 0 Å². The van der Waals surface area contributed by atoms with E-state index in [1.807, 2.05) is 6.07 Å². The average Bonchev–Trinajstić information content (AvgIpc) is 2.49. The van der Waals surface area contributed by atoms with Crippen molar-refractivity contribution < 1.29 is 9.47 Å². The van der Waals surface area contributed by atoms with Crippen molar-refractivity contribution in [2.24, 2.45) is 0 Å². The summed E-state index contributed by atoms with van der Waals surface area (Å²) < 4.78 is 14.6. The van der Waals surface area contributed by atoms with E-state index in [1.165, 1.54) is 11.5 Å². The lowest BCUT2D eigenvalue weighted by molar-refractivity contribution is 0.00884. The quantitative estimate of drug-likeness (QED) is 0.774. The van der Waals surface area contributed by atoms with E-state index in [9.17, 15) is 0 Å². The van der Waals surface area contributed by atoms with Crippen molar-refractivity contribution in [2.45, 2.75) is 12.7 Å². The molecule has 13 heavy (non-hydrogen) atoms. The molecular formula is C8H12N2O2S. The molecule has 1 aliphatic rings. The summed E-state index contributed by atoms with van der Waals surface area (Å²) in [6.07, 6.45) is 0.382. The van der Waals surface area contributed by atoms with E-state index in [4.69, 9.17) is 9.47 Å². The fourth-order valence-corrected chi connectivity index (χ4v) is 1.65. The van der Waals surface area contributed by atoms with Crippen molar-refractivity contribution in [3.05, 3.63) is 10.9 Å². The second kappa shape index (κ2) is 4.04. The van der Waals surface area contributed by atoms with E-state index in [0.29, 0.717) is 18.6 Å². The van der Waals surface area contributed by atoms with Gasteiger partial charge < -0.3 is 14.8 Å². The Hall–Kier alpha value is -0.650. The van der Waals surface area contributed by atoms with Gasteiger partial charge in [-0.3, -0.25) is 0 Å². The molecule has 1 aliphatic heterocycles. The Morgan fingerprint density at radius 2 is 2.54 bits per heavy atom. The average molecular weight is 200 g/mol. The van der Waals surface area contributed by atoms with Gasteiger partial charge in [0.05, 0.1) is 24.7 Å². The van der Waals surface area contributed by atoms with Crippen LogP contribution in [0.2, 0.25) is 0 Å². The molecule has 0 bridgehead atoms. The number of nitrogens with zero attached hydrogens (tertiary/aromatic N) is 1. The number of hydrogen-bond acceptors (Lipinski definition) is 5. The summed E-state index contributed by atoms with van der Waals surface area (Å²) in [6, 6.07) is 1.91. The fourth-order valence-electron chi connectivity index (χ4n) is 1.04. The van der Waals surface area contributed by atoms with Crippen LogP contribution in [0, 0.1) is 0 Å².